The summed E-state index contributed by atoms with van der Waals surface area (Å²) in [6, 6.07) is 0. The van der Waals surface area contributed by atoms with Gasteiger partial charge in [-0.1, -0.05) is 27.7 Å². The number of rotatable bonds is 9. The van der Waals surface area contributed by atoms with Crippen LogP contribution in [0.3, 0.4) is 0 Å². The molecule has 18 nitrogen and oxygen atoms in total. The predicted octanol–water partition coefficient (Wildman–Crippen LogP) is -0.734. The first-order valence-corrected chi connectivity index (χ1v) is 23.8. The molecule has 10 N–H and O–H groups in total. The van der Waals surface area contributed by atoms with Crippen molar-refractivity contribution in [2.24, 2.45) is 52.3 Å². The van der Waals surface area contributed by atoms with Crippen molar-refractivity contribution in [2.45, 2.75) is 202 Å². The highest BCUT2D eigenvalue weighted by molar-refractivity contribution is 5.15. The molecule has 362 valence electrons. The third-order valence-electron chi connectivity index (χ3n) is 18.3. The molecule has 0 aromatic rings. The molecule has 0 aromatic heterocycles. The molecule has 5 aliphatic heterocycles. The standard InChI is InChI=1S/C45H74O18/c1-19-7-12-45(56-18-19)20(2)30-26(63-45)14-25-23-6-5-21-13-22(8-10-43(21,3)24(23)9-11-44(25,30)4)57-40-37(55)35(53)38(29(17-48)60-40)61-42-39(34(52)32(50)28(16-47)59-42)62-41-36(54)33(51)31(49)27(15-46)58-41/h19-42,46-55H,5-18H2,1-4H3/t19-,20+,21+,22+,23-,24-,25+,26+,27-,28-,29+,30+,31-,32-,33+,34+,35+,36+,37+,38+,39+,40+,41+,42+,43-,44-,45-/m1/s1. The van der Waals surface area contributed by atoms with E-state index in [-0.39, 0.29) is 23.0 Å². The second-order valence-corrected chi connectivity index (χ2v) is 21.5. The molecule has 0 amide bonds. The van der Waals surface area contributed by atoms with E-state index in [9.17, 15) is 51.1 Å². The van der Waals surface area contributed by atoms with Crippen LogP contribution < -0.4 is 0 Å². The fraction of sp³-hybridized carbons (Fsp3) is 1.00. The van der Waals surface area contributed by atoms with E-state index in [0.717, 1.165) is 58.0 Å². The minimum absolute atomic E-state index is 0.134. The molecule has 18 heteroatoms. The van der Waals surface area contributed by atoms with Crippen molar-refractivity contribution in [3.63, 3.8) is 0 Å². The van der Waals surface area contributed by atoms with Crippen LogP contribution in [0.4, 0.5) is 0 Å². The van der Waals surface area contributed by atoms with Gasteiger partial charge >= 0.3 is 0 Å². The van der Waals surface area contributed by atoms with E-state index < -0.39 is 118 Å². The molecule has 4 aliphatic carbocycles. The largest absolute Gasteiger partial charge is 0.394 e. The lowest BCUT2D eigenvalue weighted by atomic mass is 9.44. The Bertz CT molecular complexity index is 1570. The van der Waals surface area contributed by atoms with Crippen LogP contribution in [0.5, 0.6) is 0 Å². The molecule has 5 heterocycles. The highest BCUT2D eigenvalue weighted by atomic mass is 16.8. The minimum Gasteiger partial charge on any atom is -0.394 e. The molecule has 0 aromatic carbocycles. The fourth-order valence-corrected chi connectivity index (χ4v) is 14.7. The van der Waals surface area contributed by atoms with Crippen LogP contribution >= 0.6 is 0 Å². The quantitative estimate of drug-likeness (QED) is 0.128. The van der Waals surface area contributed by atoms with E-state index in [2.05, 4.69) is 27.7 Å². The Morgan fingerprint density at radius 3 is 1.84 bits per heavy atom. The number of hydrogen-bond acceptors (Lipinski definition) is 18. The van der Waals surface area contributed by atoms with Gasteiger partial charge in [-0.2, -0.15) is 0 Å². The second kappa shape index (κ2) is 18.0. The van der Waals surface area contributed by atoms with Gasteiger partial charge in [0.05, 0.1) is 38.6 Å². The zero-order valence-electron chi connectivity index (χ0n) is 37.0. The lowest BCUT2D eigenvalue weighted by Crippen LogP contribution is -2.67. The van der Waals surface area contributed by atoms with Crippen molar-refractivity contribution in [3.05, 3.63) is 0 Å². The number of hydrogen-bond donors (Lipinski definition) is 10. The lowest BCUT2D eigenvalue weighted by molar-refractivity contribution is -0.390. The number of fused-ring (bicyclic) bond motifs is 7. The number of aliphatic hydroxyl groups is 10. The van der Waals surface area contributed by atoms with Crippen molar-refractivity contribution < 1.29 is 89.0 Å². The molecule has 9 fully saturated rings. The van der Waals surface area contributed by atoms with Crippen LogP contribution in [-0.4, -0.2) is 188 Å². The van der Waals surface area contributed by atoms with Gasteiger partial charge in [0.25, 0.3) is 0 Å². The van der Waals surface area contributed by atoms with Crippen LogP contribution in [-0.2, 0) is 37.9 Å². The molecule has 5 saturated heterocycles. The second-order valence-electron chi connectivity index (χ2n) is 21.5. The van der Waals surface area contributed by atoms with Gasteiger partial charge in [-0.05, 0) is 104 Å². The van der Waals surface area contributed by atoms with E-state index in [0.29, 0.717) is 41.4 Å². The van der Waals surface area contributed by atoms with E-state index in [1.165, 1.54) is 12.8 Å². The van der Waals surface area contributed by atoms with Crippen molar-refractivity contribution in [2.75, 3.05) is 26.4 Å². The summed E-state index contributed by atoms with van der Waals surface area (Å²) in [6.07, 6.45) is -14.2. The summed E-state index contributed by atoms with van der Waals surface area (Å²) in [5, 5.41) is 106. The summed E-state index contributed by atoms with van der Waals surface area (Å²) in [6.45, 7) is 8.23. The average Bonchev–Trinajstić information content (AvgIpc) is 3.72. The van der Waals surface area contributed by atoms with Crippen LogP contribution in [0.2, 0.25) is 0 Å². The van der Waals surface area contributed by atoms with Crippen molar-refractivity contribution >= 4 is 0 Å². The van der Waals surface area contributed by atoms with Gasteiger partial charge in [-0.25, -0.2) is 0 Å². The summed E-state index contributed by atoms with van der Waals surface area (Å²) in [5.74, 6) is 3.29. The van der Waals surface area contributed by atoms with Gasteiger partial charge in [0.1, 0.15) is 73.2 Å². The van der Waals surface area contributed by atoms with Gasteiger partial charge in [-0.3, -0.25) is 0 Å². The molecule has 0 bridgehead atoms. The van der Waals surface area contributed by atoms with Gasteiger partial charge in [0.15, 0.2) is 24.7 Å². The van der Waals surface area contributed by atoms with Crippen LogP contribution in [0.25, 0.3) is 0 Å². The highest BCUT2D eigenvalue weighted by Crippen LogP contribution is 2.71. The Balaban J connectivity index is 0.833. The lowest BCUT2D eigenvalue weighted by Gasteiger charge is -2.61. The molecular formula is C45H74O18. The van der Waals surface area contributed by atoms with E-state index in [1.807, 2.05) is 0 Å². The zero-order valence-corrected chi connectivity index (χ0v) is 37.0. The highest BCUT2D eigenvalue weighted by Gasteiger charge is 2.69. The van der Waals surface area contributed by atoms with E-state index in [4.69, 9.17) is 37.9 Å². The average molecular weight is 903 g/mol. The minimum atomic E-state index is -1.89. The summed E-state index contributed by atoms with van der Waals surface area (Å²) >= 11 is 0. The van der Waals surface area contributed by atoms with Crippen LogP contribution in [0.15, 0.2) is 0 Å². The number of ether oxygens (including phenoxy) is 8. The van der Waals surface area contributed by atoms with Gasteiger partial charge in [0, 0.05) is 12.3 Å². The molecule has 9 aliphatic rings. The first-order valence-electron chi connectivity index (χ1n) is 23.8. The normalized spacial score (nSPS) is 58.2. The molecule has 0 radical (unpaired) electrons. The topological polar surface area (TPSA) is 276 Å². The zero-order chi connectivity index (χ0) is 44.9. The Morgan fingerprint density at radius 1 is 0.556 bits per heavy atom. The maximum atomic E-state index is 11.5. The smallest absolute Gasteiger partial charge is 0.187 e. The Kier molecular flexibility index (Phi) is 13.5. The molecule has 0 unspecified atom stereocenters. The summed E-state index contributed by atoms with van der Waals surface area (Å²) < 4.78 is 49.0. The Labute approximate surface area is 369 Å². The third kappa shape index (κ3) is 7.88. The van der Waals surface area contributed by atoms with Crippen molar-refractivity contribution in [3.8, 4) is 0 Å². The van der Waals surface area contributed by atoms with Gasteiger partial charge in [0.2, 0.25) is 0 Å². The SMILES string of the molecule is C[C@@H]1CC[C@@]2(OC1)O[C@H]1C[C@H]3[C@@H]4CC[C@H]5C[C@@H](O[C@H]6O[C@@H](CO)[C@H](O[C@@H]7O[C@H](CO)[C@@H](O)[C@H](O)[C@@H]7O[C@@H]7O[C@H](CO)[C@@H](O)[C@H](O)[C@@H]7O)[C@@H](O)[C@@H]6O)CC[C@@]5(C)[C@@H]4CC[C@@]3(C)[C@H]1[C@@H]2C. The first-order chi connectivity index (χ1) is 30.0. The predicted molar refractivity (Wildman–Crippen MR) is 216 cm³/mol. The Hall–Kier alpha value is -0.720. The summed E-state index contributed by atoms with van der Waals surface area (Å²) in [5.41, 5.74) is 0.364. The van der Waals surface area contributed by atoms with Crippen LogP contribution in [0.1, 0.15) is 91.9 Å². The molecular weight excluding hydrogens is 828 g/mol. The summed E-state index contributed by atoms with van der Waals surface area (Å²) in [4.78, 5) is 0. The van der Waals surface area contributed by atoms with Gasteiger partial charge < -0.3 is 89.0 Å². The molecule has 4 saturated carbocycles. The Morgan fingerprint density at radius 2 is 1.16 bits per heavy atom. The van der Waals surface area contributed by atoms with Crippen LogP contribution in [0, 0.1) is 52.3 Å². The molecule has 63 heavy (non-hydrogen) atoms. The third-order valence-corrected chi connectivity index (χ3v) is 18.3. The number of aliphatic hydroxyl groups excluding tert-OH is 10. The van der Waals surface area contributed by atoms with Crippen molar-refractivity contribution in [1.29, 1.82) is 0 Å². The summed E-state index contributed by atoms with van der Waals surface area (Å²) in [7, 11) is 0. The monoisotopic (exact) mass is 902 g/mol. The molecule has 9 rings (SSSR count). The van der Waals surface area contributed by atoms with E-state index in [1.54, 1.807) is 0 Å². The van der Waals surface area contributed by atoms with Crippen molar-refractivity contribution in [1.82, 2.24) is 0 Å². The van der Waals surface area contributed by atoms with Gasteiger partial charge in [-0.15, -0.1) is 0 Å². The first kappa shape index (κ1) is 47.4. The fourth-order valence-electron chi connectivity index (χ4n) is 14.7. The maximum absolute atomic E-state index is 11.5. The van der Waals surface area contributed by atoms with E-state index >= 15 is 0 Å². The maximum Gasteiger partial charge on any atom is 0.187 e. The molecule has 27 atom stereocenters. The molecule has 1 spiro atoms.